The zero-order valence-electron chi connectivity index (χ0n) is 11.0. The van der Waals surface area contributed by atoms with Gasteiger partial charge in [0.05, 0.1) is 11.7 Å². The van der Waals surface area contributed by atoms with Gasteiger partial charge in [0.1, 0.15) is 0 Å². The van der Waals surface area contributed by atoms with Gasteiger partial charge in [-0.2, -0.15) is 0 Å². The molecular weight excluding hydrogens is 196 g/mol. The number of nitrogens with one attached hydrogen (secondary N) is 1. The fourth-order valence-electron chi connectivity index (χ4n) is 1.93. The van der Waals surface area contributed by atoms with Crippen LogP contribution >= 0.6 is 0 Å². The van der Waals surface area contributed by atoms with Crippen LogP contribution in [0.15, 0.2) is 18.3 Å². The van der Waals surface area contributed by atoms with Gasteiger partial charge in [-0.05, 0) is 37.4 Å². The van der Waals surface area contributed by atoms with Crippen molar-refractivity contribution in [2.45, 2.75) is 46.6 Å². The van der Waals surface area contributed by atoms with Gasteiger partial charge in [-0.15, -0.1) is 0 Å². The predicted octanol–water partition coefficient (Wildman–Crippen LogP) is 3.48. The average Bonchev–Trinajstić information content (AvgIpc) is 2.31. The van der Waals surface area contributed by atoms with Crippen LogP contribution in [0.4, 0.5) is 0 Å². The highest BCUT2D eigenvalue weighted by atomic mass is 14.9. The third kappa shape index (κ3) is 3.31. The third-order valence-electron chi connectivity index (χ3n) is 3.17. The Morgan fingerprint density at radius 2 is 2.12 bits per heavy atom. The normalized spacial score (nSPS) is 14.8. The van der Waals surface area contributed by atoms with Crippen molar-refractivity contribution >= 4 is 0 Å². The summed E-state index contributed by atoms with van der Waals surface area (Å²) < 4.78 is 0. The number of aromatic nitrogens is 1. The summed E-state index contributed by atoms with van der Waals surface area (Å²) in [6.45, 7) is 9.94. The highest BCUT2D eigenvalue weighted by molar-refractivity contribution is 5.21. The first-order valence-corrected chi connectivity index (χ1v) is 6.35. The first kappa shape index (κ1) is 13.2. The van der Waals surface area contributed by atoms with Crippen molar-refractivity contribution in [1.82, 2.24) is 10.3 Å². The fraction of sp³-hybridized carbons (Fsp3) is 0.643. The van der Waals surface area contributed by atoms with Crippen LogP contribution in [0.2, 0.25) is 0 Å². The molecule has 0 spiro atoms. The molecule has 0 saturated carbocycles. The molecule has 0 aliphatic rings. The van der Waals surface area contributed by atoms with E-state index in [1.807, 2.05) is 12.3 Å². The summed E-state index contributed by atoms with van der Waals surface area (Å²) in [5.41, 5.74) is 2.50. The van der Waals surface area contributed by atoms with Crippen LogP contribution in [0.3, 0.4) is 0 Å². The summed E-state index contributed by atoms with van der Waals surface area (Å²) in [6, 6.07) is 4.55. The lowest BCUT2D eigenvalue weighted by Gasteiger charge is -2.25. The van der Waals surface area contributed by atoms with E-state index >= 15 is 0 Å². The summed E-state index contributed by atoms with van der Waals surface area (Å²) >= 11 is 0. The number of hydrogen-bond donors (Lipinski definition) is 1. The van der Waals surface area contributed by atoms with Crippen LogP contribution in [0.5, 0.6) is 0 Å². The second kappa shape index (κ2) is 6.64. The summed E-state index contributed by atoms with van der Waals surface area (Å²) in [5.74, 6) is 0.625. The molecule has 0 saturated heterocycles. The van der Waals surface area contributed by atoms with Crippen molar-refractivity contribution in [3.05, 3.63) is 29.6 Å². The molecule has 0 fully saturated rings. The molecule has 1 aromatic heterocycles. The van der Waals surface area contributed by atoms with E-state index in [-0.39, 0.29) is 0 Å². The molecule has 0 amide bonds. The number of pyridine rings is 1. The average molecular weight is 220 g/mol. The van der Waals surface area contributed by atoms with Crippen LogP contribution in [0, 0.1) is 12.8 Å². The SMILES string of the molecule is CCCNC(c1ncccc1C)C(C)CC. The largest absolute Gasteiger partial charge is 0.308 e. The van der Waals surface area contributed by atoms with Crippen LogP contribution in [-0.2, 0) is 0 Å². The molecule has 16 heavy (non-hydrogen) atoms. The Kier molecular flexibility index (Phi) is 5.47. The molecule has 2 heteroatoms. The molecule has 0 radical (unpaired) electrons. The lowest BCUT2D eigenvalue weighted by Crippen LogP contribution is -2.28. The Labute approximate surface area is 99.5 Å². The minimum atomic E-state index is 0.395. The third-order valence-corrected chi connectivity index (χ3v) is 3.17. The number of nitrogens with zero attached hydrogens (tertiary/aromatic N) is 1. The minimum Gasteiger partial charge on any atom is -0.308 e. The Bertz CT molecular complexity index is 309. The van der Waals surface area contributed by atoms with Gasteiger partial charge in [0.2, 0.25) is 0 Å². The molecule has 1 heterocycles. The first-order chi connectivity index (χ1) is 7.70. The van der Waals surface area contributed by atoms with Crippen molar-refractivity contribution in [3.63, 3.8) is 0 Å². The zero-order valence-corrected chi connectivity index (χ0v) is 11.0. The monoisotopic (exact) mass is 220 g/mol. The summed E-state index contributed by atoms with van der Waals surface area (Å²) in [6.07, 6.45) is 4.24. The molecule has 90 valence electrons. The molecule has 1 aromatic rings. The maximum atomic E-state index is 4.54. The first-order valence-electron chi connectivity index (χ1n) is 6.35. The van der Waals surface area contributed by atoms with Crippen LogP contribution in [-0.4, -0.2) is 11.5 Å². The van der Waals surface area contributed by atoms with E-state index in [2.05, 4.69) is 44.1 Å². The van der Waals surface area contributed by atoms with E-state index in [0.717, 1.165) is 6.54 Å². The highest BCUT2D eigenvalue weighted by Gasteiger charge is 2.19. The Balaban J connectivity index is 2.87. The second-order valence-corrected chi connectivity index (χ2v) is 4.52. The van der Waals surface area contributed by atoms with Gasteiger partial charge < -0.3 is 5.32 Å². The van der Waals surface area contributed by atoms with Gasteiger partial charge >= 0.3 is 0 Å². The van der Waals surface area contributed by atoms with Crippen molar-refractivity contribution in [3.8, 4) is 0 Å². The molecule has 0 aromatic carbocycles. The van der Waals surface area contributed by atoms with Crippen LogP contribution in [0.25, 0.3) is 0 Å². The van der Waals surface area contributed by atoms with Crippen molar-refractivity contribution < 1.29 is 0 Å². The molecule has 1 rings (SSSR count). The minimum absolute atomic E-state index is 0.395. The van der Waals surface area contributed by atoms with Crippen molar-refractivity contribution in [2.75, 3.05) is 6.54 Å². The lowest BCUT2D eigenvalue weighted by molar-refractivity contribution is 0.368. The summed E-state index contributed by atoms with van der Waals surface area (Å²) in [7, 11) is 0. The van der Waals surface area contributed by atoms with E-state index in [9.17, 15) is 0 Å². The molecule has 2 nitrogen and oxygen atoms in total. The second-order valence-electron chi connectivity index (χ2n) is 4.52. The Morgan fingerprint density at radius 1 is 1.38 bits per heavy atom. The van der Waals surface area contributed by atoms with Crippen LogP contribution < -0.4 is 5.32 Å². The zero-order chi connectivity index (χ0) is 12.0. The molecule has 0 aliphatic carbocycles. The maximum Gasteiger partial charge on any atom is 0.0604 e. The molecule has 0 bridgehead atoms. The molecule has 2 unspecified atom stereocenters. The number of hydrogen-bond acceptors (Lipinski definition) is 2. The van der Waals surface area contributed by atoms with Gasteiger partial charge in [-0.3, -0.25) is 4.98 Å². The van der Waals surface area contributed by atoms with Gasteiger partial charge in [0.25, 0.3) is 0 Å². The molecule has 0 aliphatic heterocycles. The van der Waals surface area contributed by atoms with Gasteiger partial charge in [-0.1, -0.05) is 33.3 Å². The highest BCUT2D eigenvalue weighted by Crippen LogP contribution is 2.24. The predicted molar refractivity (Wildman–Crippen MR) is 69.5 cm³/mol. The van der Waals surface area contributed by atoms with Gasteiger partial charge in [0.15, 0.2) is 0 Å². The van der Waals surface area contributed by atoms with E-state index < -0.39 is 0 Å². The van der Waals surface area contributed by atoms with E-state index in [1.54, 1.807) is 0 Å². The standard InChI is InChI=1S/C14H24N2/c1-5-9-15-13(11(3)6-2)14-12(4)8-7-10-16-14/h7-8,10-11,13,15H,5-6,9H2,1-4H3. The molecule has 1 N–H and O–H groups in total. The quantitative estimate of drug-likeness (QED) is 0.794. The fourth-order valence-corrected chi connectivity index (χ4v) is 1.93. The Hall–Kier alpha value is -0.890. The van der Waals surface area contributed by atoms with E-state index in [1.165, 1.54) is 24.1 Å². The van der Waals surface area contributed by atoms with Crippen LogP contribution in [0.1, 0.15) is 50.9 Å². The van der Waals surface area contributed by atoms with E-state index in [0.29, 0.717) is 12.0 Å². The van der Waals surface area contributed by atoms with Gasteiger partial charge in [-0.25, -0.2) is 0 Å². The van der Waals surface area contributed by atoms with Crippen molar-refractivity contribution in [1.29, 1.82) is 0 Å². The van der Waals surface area contributed by atoms with E-state index in [4.69, 9.17) is 0 Å². The van der Waals surface area contributed by atoms with Gasteiger partial charge in [0, 0.05) is 6.20 Å². The lowest BCUT2D eigenvalue weighted by atomic mass is 9.93. The Morgan fingerprint density at radius 3 is 2.69 bits per heavy atom. The number of aryl methyl sites for hydroxylation is 1. The smallest absolute Gasteiger partial charge is 0.0604 e. The summed E-state index contributed by atoms with van der Waals surface area (Å²) in [5, 5.41) is 3.61. The summed E-state index contributed by atoms with van der Waals surface area (Å²) in [4.78, 5) is 4.54. The topological polar surface area (TPSA) is 24.9 Å². The number of rotatable bonds is 6. The molecular formula is C14H24N2. The maximum absolute atomic E-state index is 4.54. The molecule has 2 atom stereocenters. The van der Waals surface area contributed by atoms with Crippen molar-refractivity contribution in [2.24, 2.45) is 5.92 Å².